The van der Waals surface area contributed by atoms with E-state index in [4.69, 9.17) is 4.43 Å². The first-order valence-electron chi connectivity index (χ1n) is 4.94. The largest absolute Gasteiger partial charge is 0.421 e. The van der Waals surface area contributed by atoms with Crippen LogP contribution in [0.4, 0.5) is 0 Å². The summed E-state index contributed by atoms with van der Waals surface area (Å²) < 4.78 is 5.60. The normalized spacial score (nSPS) is 10.7. The van der Waals surface area contributed by atoms with E-state index in [1.54, 1.807) is 0 Å². The molecule has 0 aromatic heterocycles. The topological polar surface area (TPSA) is 9.23 Å². The first-order valence-corrected chi connectivity index (χ1v) is 7.72. The van der Waals surface area contributed by atoms with E-state index in [1.165, 1.54) is 5.56 Å². The molecule has 0 fully saturated rings. The highest BCUT2D eigenvalue weighted by molar-refractivity contribution is 6.48. The van der Waals surface area contributed by atoms with Crippen molar-refractivity contribution in [3.05, 3.63) is 35.9 Å². The lowest BCUT2D eigenvalue weighted by Crippen LogP contribution is -2.09. The van der Waals surface area contributed by atoms with Crippen molar-refractivity contribution >= 4 is 9.04 Å². The van der Waals surface area contributed by atoms with Crippen molar-refractivity contribution in [3.8, 4) is 0 Å². The Bertz CT molecular complexity index is 221. The molecule has 0 saturated heterocycles. The predicted octanol–water partition coefficient (Wildman–Crippen LogP) is 2.62. The van der Waals surface area contributed by atoms with Crippen LogP contribution in [0.1, 0.15) is 12.0 Å². The maximum atomic E-state index is 5.60. The Morgan fingerprint density at radius 1 is 1.15 bits per heavy atom. The maximum Gasteiger partial charge on any atom is 0.170 e. The number of hydrogen-bond acceptors (Lipinski definition) is 1. The molecule has 1 rings (SSSR count). The molecule has 0 saturated carbocycles. The molecule has 0 spiro atoms. The Labute approximate surface area is 82.5 Å². The van der Waals surface area contributed by atoms with Crippen LogP contribution in [0, 0.1) is 0 Å². The Kier molecular flexibility index (Phi) is 4.79. The van der Waals surface area contributed by atoms with Crippen molar-refractivity contribution in [3.63, 3.8) is 0 Å². The lowest BCUT2D eigenvalue weighted by molar-refractivity contribution is 0.319. The lowest BCUT2D eigenvalue weighted by Gasteiger charge is -2.05. The molecule has 13 heavy (non-hydrogen) atoms. The smallest absolute Gasteiger partial charge is 0.170 e. The summed E-state index contributed by atoms with van der Waals surface area (Å²) >= 11 is 0. The Morgan fingerprint density at radius 3 is 2.46 bits per heavy atom. The van der Waals surface area contributed by atoms with Crippen LogP contribution >= 0.6 is 0 Å². The highest BCUT2D eigenvalue weighted by atomic mass is 28.3. The molecule has 0 unspecified atom stereocenters. The molecular weight excluding hydrogens is 176 g/mol. The fraction of sp³-hybridized carbons (Fsp3) is 0.455. The van der Waals surface area contributed by atoms with Crippen LogP contribution in [-0.2, 0) is 10.8 Å². The summed E-state index contributed by atoms with van der Waals surface area (Å²) in [4.78, 5) is 0. The molecular formula is C11H18OSi. The summed E-state index contributed by atoms with van der Waals surface area (Å²) in [5.74, 6) is 0. The van der Waals surface area contributed by atoms with Gasteiger partial charge in [-0.25, -0.2) is 0 Å². The standard InChI is InChI=1S/C11H18OSi/c1-13(2)12-10-6-9-11-7-4-3-5-8-11/h3-5,7-8,13H,6,9-10H2,1-2H3. The van der Waals surface area contributed by atoms with Gasteiger partial charge in [0, 0.05) is 6.61 Å². The first kappa shape index (κ1) is 10.5. The van der Waals surface area contributed by atoms with Gasteiger partial charge in [0.25, 0.3) is 0 Å². The molecule has 1 aromatic carbocycles. The van der Waals surface area contributed by atoms with E-state index >= 15 is 0 Å². The second-order valence-corrected chi connectivity index (χ2v) is 5.94. The van der Waals surface area contributed by atoms with Crippen LogP contribution in [0.3, 0.4) is 0 Å². The van der Waals surface area contributed by atoms with E-state index in [9.17, 15) is 0 Å². The summed E-state index contributed by atoms with van der Waals surface area (Å²) in [7, 11) is -0.796. The maximum absolute atomic E-state index is 5.60. The molecule has 0 atom stereocenters. The van der Waals surface area contributed by atoms with E-state index in [1.807, 2.05) is 0 Å². The van der Waals surface area contributed by atoms with Crippen molar-refractivity contribution in [1.82, 2.24) is 0 Å². The summed E-state index contributed by atoms with van der Waals surface area (Å²) in [6.45, 7) is 5.35. The van der Waals surface area contributed by atoms with Crippen LogP contribution in [-0.4, -0.2) is 15.6 Å². The van der Waals surface area contributed by atoms with Gasteiger partial charge in [-0.1, -0.05) is 30.3 Å². The van der Waals surface area contributed by atoms with Gasteiger partial charge in [0.2, 0.25) is 0 Å². The van der Waals surface area contributed by atoms with Gasteiger partial charge in [-0.3, -0.25) is 0 Å². The summed E-state index contributed by atoms with van der Waals surface area (Å²) in [6.07, 6.45) is 2.29. The molecule has 0 bridgehead atoms. The molecule has 0 aliphatic rings. The second-order valence-electron chi connectivity index (χ2n) is 3.51. The minimum absolute atomic E-state index is 0.796. The van der Waals surface area contributed by atoms with Crippen LogP contribution in [0.2, 0.25) is 13.1 Å². The van der Waals surface area contributed by atoms with E-state index in [0.29, 0.717) is 0 Å². The predicted molar refractivity (Wildman–Crippen MR) is 59.6 cm³/mol. The zero-order valence-corrected chi connectivity index (χ0v) is 9.65. The molecule has 0 radical (unpaired) electrons. The van der Waals surface area contributed by atoms with Crippen molar-refractivity contribution in [2.24, 2.45) is 0 Å². The van der Waals surface area contributed by atoms with Gasteiger partial charge in [-0.15, -0.1) is 0 Å². The summed E-state index contributed by atoms with van der Waals surface area (Å²) in [5.41, 5.74) is 1.41. The lowest BCUT2D eigenvalue weighted by atomic mass is 10.1. The van der Waals surface area contributed by atoms with E-state index < -0.39 is 9.04 Å². The van der Waals surface area contributed by atoms with E-state index in [2.05, 4.69) is 43.4 Å². The third-order valence-corrected chi connectivity index (χ3v) is 2.81. The number of benzene rings is 1. The average Bonchev–Trinajstić information content (AvgIpc) is 2.14. The highest BCUT2D eigenvalue weighted by Gasteiger charge is 1.95. The van der Waals surface area contributed by atoms with Gasteiger partial charge in [0.1, 0.15) is 0 Å². The van der Waals surface area contributed by atoms with Crippen LogP contribution in [0.5, 0.6) is 0 Å². The van der Waals surface area contributed by atoms with Crippen molar-refractivity contribution < 1.29 is 4.43 Å². The molecule has 0 aliphatic carbocycles. The van der Waals surface area contributed by atoms with Crippen molar-refractivity contribution in [2.45, 2.75) is 25.9 Å². The van der Waals surface area contributed by atoms with Gasteiger partial charge in [0.15, 0.2) is 9.04 Å². The zero-order valence-electron chi connectivity index (χ0n) is 8.49. The van der Waals surface area contributed by atoms with E-state index in [0.717, 1.165) is 19.4 Å². The van der Waals surface area contributed by atoms with Gasteiger partial charge in [-0.05, 0) is 31.5 Å². The van der Waals surface area contributed by atoms with E-state index in [-0.39, 0.29) is 0 Å². The fourth-order valence-electron chi connectivity index (χ4n) is 1.24. The molecule has 1 aromatic rings. The molecule has 0 N–H and O–H groups in total. The number of hydrogen-bond donors (Lipinski definition) is 0. The molecule has 0 aliphatic heterocycles. The Morgan fingerprint density at radius 2 is 1.85 bits per heavy atom. The third kappa shape index (κ3) is 4.86. The fourth-order valence-corrected chi connectivity index (χ4v) is 1.88. The SMILES string of the molecule is C[SiH](C)OCCCc1ccccc1. The average molecular weight is 194 g/mol. The van der Waals surface area contributed by atoms with Crippen molar-refractivity contribution in [2.75, 3.05) is 6.61 Å². The molecule has 0 heterocycles. The van der Waals surface area contributed by atoms with Crippen LogP contribution in [0.15, 0.2) is 30.3 Å². The molecule has 72 valence electrons. The zero-order chi connectivity index (χ0) is 9.52. The molecule has 0 amide bonds. The van der Waals surface area contributed by atoms with Gasteiger partial charge in [0.05, 0.1) is 0 Å². The second kappa shape index (κ2) is 5.94. The number of rotatable bonds is 5. The number of aryl methyl sites for hydroxylation is 1. The van der Waals surface area contributed by atoms with Crippen LogP contribution < -0.4 is 0 Å². The summed E-state index contributed by atoms with van der Waals surface area (Å²) in [5, 5.41) is 0. The quantitative estimate of drug-likeness (QED) is 0.517. The minimum atomic E-state index is -0.796. The van der Waals surface area contributed by atoms with Gasteiger partial charge < -0.3 is 4.43 Å². The minimum Gasteiger partial charge on any atom is -0.421 e. The first-order chi connectivity index (χ1) is 6.29. The van der Waals surface area contributed by atoms with Crippen LogP contribution in [0.25, 0.3) is 0 Å². The molecule has 1 nitrogen and oxygen atoms in total. The Hall–Kier alpha value is -0.603. The summed E-state index contributed by atoms with van der Waals surface area (Å²) in [6, 6.07) is 10.6. The third-order valence-electron chi connectivity index (χ3n) is 1.90. The van der Waals surface area contributed by atoms with Gasteiger partial charge >= 0.3 is 0 Å². The highest BCUT2D eigenvalue weighted by Crippen LogP contribution is 2.02. The van der Waals surface area contributed by atoms with Gasteiger partial charge in [-0.2, -0.15) is 0 Å². The molecule has 2 heteroatoms. The Balaban J connectivity index is 2.13. The van der Waals surface area contributed by atoms with Crippen molar-refractivity contribution in [1.29, 1.82) is 0 Å². The monoisotopic (exact) mass is 194 g/mol.